The van der Waals surface area contributed by atoms with Crippen LogP contribution in [0.1, 0.15) is 33.6 Å². The van der Waals surface area contributed by atoms with Gasteiger partial charge in [-0.2, -0.15) is 0 Å². The van der Waals surface area contributed by atoms with E-state index in [1.165, 1.54) is 0 Å². The molecule has 2 aromatic carbocycles. The Labute approximate surface area is 195 Å². The molecule has 0 aromatic heterocycles. The number of carboxylic acid groups (broad SMARTS) is 1. The number of ketones is 2. The van der Waals surface area contributed by atoms with E-state index < -0.39 is 12.0 Å². The SMILES string of the molecule is N[C@@H](CCCN(CCNCC(=O)c1ccccc1)CCNCC(=O)c1ccccc1)C(=O)O. The van der Waals surface area contributed by atoms with Crippen molar-refractivity contribution >= 4 is 17.5 Å². The Morgan fingerprint density at radius 1 is 0.788 bits per heavy atom. The fourth-order valence-electron chi connectivity index (χ4n) is 3.32. The van der Waals surface area contributed by atoms with Crippen molar-refractivity contribution in [2.24, 2.45) is 5.73 Å². The molecule has 0 aliphatic carbocycles. The molecule has 2 aromatic rings. The van der Waals surface area contributed by atoms with Crippen LogP contribution in [0, 0.1) is 0 Å². The summed E-state index contributed by atoms with van der Waals surface area (Å²) in [7, 11) is 0. The third-order valence-electron chi connectivity index (χ3n) is 5.28. The number of nitrogens with two attached hydrogens (primary N) is 1. The van der Waals surface area contributed by atoms with Crippen LogP contribution in [0.5, 0.6) is 0 Å². The zero-order valence-corrected chi connectivity index (χ0v) is 18.9. The lowest BCUT2D eigenvalue weighted by Crippen LogP contribution is -2.40. The predicted octanol–water partition coefficient (Wildman–Crippen LogP) is 1.43. The molecule has 1 atom stereocenters. The van der Waals surface area contributed by atoms with Gasteiger partial charge in [-0.3, -0.25) is 14.4 Å². The second kappa shape index (κ2) is 15.0. The van der Waals surface area contributed by atoms with Crippen LogP contribution in [0.25, 0.3) is 0 Å². The molecule has 5 N–H and O–H groups in total. The average molecular weight is 455 g/mol. The van der Waals surface area contributed by atoms with E-state index >= 15 is 0 Å². The third kappa shape index (κ3) is 10.5. The van der Waals surface area contributed by atoms with Crippen molar-refractivity contribution in [2.75, 3.05) is 45.8 Å². The van der Waals surface area contributed by atoms with Crippen LogP contribution >= 0.6 is 0 Å². The first-order valence-corrected chi connectivity index (χ1v) is 11.3. The summed E-state index contributed by atoms with van der Waals surface area (Å²) in [6.07, 6.45) is 1.05. The van der Waals surface area contributed by atoms with Gasteiger partial charge in [0.2, 0.25) is 0 Å². The van der Waals surface area contributed by atoms with Gasteiger partial charge in [0.15, 0.2) is 11.6 Å². The highest BCUT2D eigenvalue weighted by Gasteiger charge is 2.13. The van der Waals surface area contributed by atoms with Gasteiger partial charge in [0.1, 0.15) is 6.04 Å². The van der Waals surface area contributed by atoms with Gasteiger partial charge in [0.25, 0.3) is 0 Å². The van der Waals surface area contributed by atoms with E-state index in [2.05, 4.69) is 15.5 Å². The van der Waals surface area contributed by atoms with Crippen molar-refractivity contribution < 1.29 is 19.5 Å². The lowest BCUT2D eigenvalue weighted by atomic mass is 10.1. The van der Waals surface area contributed by atoms with E-state index in [9.17, 15) is 14.4 Å². The number of carbonyl (C=O) groups is 3. The largest absolute Gasteiger partial charge is 0.480 e. The summed E-state index contributed by atoms with van der Waals surface area (Å²) in [6.45, 7) is 3.82. The maximum absolute atomic E-state index is 12.2. The number of carboxylic acids is 1. The highest BCUT2D eigenvalue weighted by Crippen LogP contribution is 2.01. The molecule has 8 nitrogen and oxygen atoms in total. The molecule has 2 rings (SSSR count). The molecular weight excluding hydrogens is 420 g/mol. The van der Waals surface area contributed by atoms with Crippen molar-refractivity contribution in [2.45, 2.75) is 18.9 Å². The number of Topliss-reactive ketones (excluding diaryl/α,β-unsaturated/α-hetero) is 2. The molecule has 0 fully saturated rings. The quantitative estimate of drug-likeness (QED) is 0.209. The smallest absolute Gasteiger partial charge is 0.320 e. The van der Waals surface area contributed by atoms with Crippen molar-refractivity contribution in [3.8, 4) is 0 Å². The van der Waals surface area contributed by atoms with Crippen LogP contribution < -0.4 is 16.4 Å². The predicted molar refractivity (Wildman–Crippen MR) is 129 cm³/mol. The van der Waals surface area contributed by atoms with Crippen LogP contribution in [0.2, 0.25) is 0 Å². The maximum Gasteiger partial charge on any atom is 0.320 e. The minimum atomic E-state index is -0.997. The molecule has 0 amide bonds. The van der Waals surface area contributed by atoms with Gasteiger partial charge < -0.3 is 26.4 Å². The summed E-state index contributed by atoms with van der Waals surface area (Å²) in [4.78, 5) is 37.5. The van der Waals surface area contributed by atoms with Gasteiger partial charge in [-0.1, -0.05) is 60.7 Å². The summed E-state index contributed by atoms with van der Waals surface area (Å²) < 4.78 is 0. The average Bonchev–Trinajstić information content (AvgIpc) is 2.84. The summed E-state index contributed by atoms with van der Waals surface area (Å²) in [6, 6.07) is 17.4. The Hall–Kier alpha value is -2.91. The summed E-state index contributed by atoms with van der Waals surface area (Å²) >= 11 is 0. The van der Waals surface area contributed by atoms with E-state index in [1.807, 2.05) is 36.4 Å². The summed E-state index contributed by atoms with van der Waals surface area (Å²) in [5.41, 5.74) is 6.96. The van der Waals surface area contributed by atoms with E-state index in [0.29, 0.717) is 56.7 Å². The molecule has 178 valence electrons. The molecule has 0 bridgehead atoms. The van der Waals surface area contributed by atoms with E-state index in [-0.39, 0.29) is 24.7 Å². The molecule has 0 saturated carbocycles. The first kappa shape index (κ1) is 26.3. The topological polar surface area (TPSA) is 125 Å². The second-order valence-electron chi connectivity index (χ2n) is 7.86. The minimum absolute atomic E-state index is 0.0377. The number of nitrogens with one attached hydrogen (secondary N) is 2. The number of hydrogen-bond donors (Lipinski definition) is 4. The van der Waals surface area contributed by atoms with E-state index in [0.717, 1.165) is 0 Å². The molecule has 0 heterocycles. The Balaban J connectivity index is 1.73. The van der Waals surface area contributed by atoms with E-state index in [4.69, 9.17) is 10.8 Å². The number of carbonyl (C=O) groups excluding carboxylic acids is 2. The van der Waals surface area contributed by atoms with E-state index in [1.54, 1.807) is 24.3 Å². The molecule has 0 unspecified atom stereocenters. The second-order valence-corrected chi connectivity index (χ2v) is 7.86. The number of hydrogen-bond acceptors (Lipinski definition) is 7. The van der Waals surface area contributed by atoms with Crippen molar-refractivity contribution in [1.82, 2.24) is 15.5 Å². The minimum Gasteiger partial charge on any atom is -0.480 e. The lowest BCUT2D eigenvalue weighted by molar-refractivity contribution is -0.138. The van der Waals surface area contributed by atoms with Gasteiger partial charge in [-0.15, -0.1) is 0 Å². The highest BCUT2D eigenvalue weighted by atomic mass is 16.4. The van der Waals surface area contributed by atoms with Gasteiger partial charge >= 0.3 is 5.97 Å². The molecule has 0 aliphatic heterocycles. The zero-order valence-electron chi connectivity index (χ0n) is 18.9. The van der Waals surface area contributed by atoms with Crippen molar-refractivity contribution in [3.05, 3.63) is 71.8 Å². The lowest BCUT2D eigenvalue weighted by Gasteiger charge is -2.23. The fourth-order valence-corrected chi connectivity index (χ4v) is 3.32. The van der Waals surface area contributed by atoms with Gasteiger partial charge in [0.05, 0.1) is 13.1 Å². The Morgan fingerprint density at radius 3 is 1.67 bits per heavy atom. The molecule has 33 heavy (non-hydrogen) atoms. The Kier molecular flexibility index (Phi) is 12.0. The number of aliphatic carboxylic acids is 1. The number of nitrogens with zero attached hydrogens (tertiary/aromatic N) is 1. The van der Waals surface area contributed by atoms with Crippen LogP contribution in [0.15, 0.2) is 60.7 Å². The van der Waals surface area contributed by atoms with Crippen molar-refractivity contribution in [1.29, 1.82) is 0 Å². The highest BCUT2D eigenvalue weighted by molar-refractivity contribution is 5.98. The first-order valence-electron chi connectivity index (χ1n) is 11.3. The summed E-state index contributed by atoms with van der Waals surface area (Å²) in [5.74, 6) is -0.921. The molecule has 0 spiro atoms. The number of benzene rings is 2. The molecular formula is C25H34N4O4. The Bertz CT molecular complexity index is 802. The van der Waals surface area contributed by atoms with Crippen molar-refractivity contribution in [3.63, 3.8) is 0 Å². The first-order chi connectivity index (χ1) is 16.0. The van der Waals surface area contributed by atoms with Gasteiger partial charge in [-0.25, -0.2) is 0 Å². The Morgan fingerprint density at radius 2 is 1.24 bits per heavy atom. The standard InChI is InChI=1S/C25H34N4O4/c26-22(25(32)33)12-7-15-29(16-13-27-18-23(30)20-8-3-1-4-9-20)17-14-28-19-24(31)21-10-5-2-6-11-21/h1-6,8-11,22,27-28H,7,12-19,26H2,(H,32,33)/t22-/m0/s1. The molecule has 0 saturated heterocycles. The van der Waals surface area contributed by atoms with Gasteiger partial charge in [0, 0.05) is 37.3 Å². The maximum atomic E-state index is 12.2. The molecule has 8 heteroatoms. The normalized spacial score (nSPS) is 11.9. The zero-order chi connectivity index (χ0) is 23.9. The monoisotopic (exact) mass is 454 g/mol. The van der Waals surface area contributed by atoms with Crippen LogP contribution in [-0.2, 0) is 4.79 Å². The van der Waals surface area contributed by atoms with Crippen LogP contribution in [0.3, 0.4) is 0 Å². The fraction of sp³-hybridized carbons (Fsp3) is 0.400. The molecule has 0 aliphatic rings. The number of rotatable bonds is 17. The van der Waals surface area contributed by atoms with Crippen LogP contribution in [0.4, 0.5) is 0 Å². The van der Waals surface area contributed by atoms with Crippen LogP contribution in [-0.4, -0.2) is 79.4 Å². The van der Waals surface area contributed by atoms with Gasteiger partial charge in [-0.05, 0) is 19.4 Å². The summed E-state index contributed by atoms with van der Waals surface area (Å²) in [5, 5.41) is 15.3. The third-order valence-corrected chi connectivity index (χ3v) is 5.28. The molecule has 0 radical (unpaired) electrons.